The summed E-state index contributed by atoms with van der Waals surface area (Å²) in [5.74, 6) is -0.598. The van der Waals surface area contributed by atoms with E-state index in [1.54, 1.807) is 25.1 Å². The number of benzene rings is 1. The molecular formula is C10H14N2O3S. The molecule has 16 heavy (non-hydrogen) atoms. The first-order valence-electron chi connectivity index (χ1n) is 4.78. The molecular weight excluding hydrogens is 228 g/mol. The van der Waals surface area contributed by atoms with E-state index in [0.717, 1.165) is 0 Å². The van der Waals surface area contributed by atoms with Crippen molar-refractivity contribution < 1.29 is 13.2 Å². The summed E-state index contributed by atoms with van der Waals surface area (Å²) in [5, 5.41) is 0. The number of carbonyl (C=O) groups excluding carboxylic acids is 1. The van der Waals surface area contributed by atoms with Crippen molar-refractivity contribution in [2.24, 2.45) is 5.73 Å². The molecule has 6 heteroatoms. The van der Waals surface area contributed by atoms with Gasteiger partial charge in [-0.25, -0.2) is 13.1 Å². The summed E-state index contributed by atoms with van der Waals surface area (Å²) in [6.07, 6.45) is -0.0218. The number of nitrogens with two attached hydrogens (primary N) is 1. The molecule has 1 amide bonds. The first-order chi connectivity index (χ1) is 7.42. The molecule has 0 heterocycles. The van der Waals surface area contributed by atoms with E-state index < -0.39 is 15.9 Å². The monoisotopic (exact) mass is 242 g/mol. The largest absolute Gasteiger partial charge is 0.327 e. The Balaban J connectivity index is 2.78. The van der Waals surface area contributed by atoms with Crippen molar-refractivity contribution >= 4 is 15.9 Å². The van der Waals surface area contributed by atoms with E-state index in [-0.39, 0.29) is 17.4 Å². The van der Waals surface area contributed by atoms with Gasteiger partial charge in [0.05, 0.1) is 4.90 Å². The summed E-state index contributed by atoms with van der Waals surface area (Å²) in [7, 11) is -3.76. The lowest BCUT2D eigenvalue weighted by Gasteiger charge is -2.08. The highest BCUT2D eigenvalue weighted by Gasteiger charge is 2.17. The Morgan fingerprint density at radius 2 is 1.94 bits per heavy atom. The van der Waals surface area contributed by atoms with Gasteiger partial charge in [-0.1, -0.05) is 18.2 Å². The number of hydrogen-bond donors (Lipinski definition) is 2. The Labute approximate surface area is 94.7 Å². The Bertz CT molecular complexity index is 454. The van der Waals surface area contributed by atoms with Crippen molar-refractivity contribution in [2.45, 2.75) is 24.3 Å². The lowest BCUT2D eigenvalue weighted by atomic mass is 10.2. The highest BCUT2D eigenvalue weighted by Crippen LogP contribution is 2.07. The van der Waals surface area contributed by atoms with Crippen LogP contribution < -0.4 is 10.5 Å². The average molecular weight is 242 g/mol. The van der Waals surface area contributed by atoms with Crippen LogP contribution in [0.3, 0.4) is 0 Å². The van der Waals surface area contributed by atoms with Gasteiger partial charge in [0.1, 0.15) is 0 Å². The molecule has 88 valence electrons. The molecule has 1 rings (SSSR count). The normalized spacial score (nSPS) is 13.1. The van der Waals surface area contributed by atoms with Gasteiger partial charge in [-0.2, -0.15) is 0 Å². The molecule has 0 aliphatic carbocycles. The second kappa shape index (κ2) is 5.09. The Morgan fingerprint density at radius 3 is 2.44 bits per heavy atom. The van der Waals surface area contributed by atoms with Crippen molar-refractivity contribution in [3.63, 3.8) is 0 Å². The van der Waals surface area contributed by atoms with Gasteiger partial charge in [-0.3, -0.25) is 4.79 Å². The fourth-order valence-corrected chi connectivity index (χ4v) is 2.16. The summed E-state index contributed by atoms with van der Waals surface area (Å²) >= 11 is 0. The predicted octanol–water partition coefficient (Wildman–Crippen LogP) is 0.229. The maximum Gasteiger partial charge on any atom is 0.264 e. The summed E-state index contributed by atoms with van der Waals surface area (Å²) in [4.78, 5) is 11.3. The Morgan fingerprint density at radius 1 is 1.38 bits per heavy atom. The SMILES string of the molecule is CC(N)CC(=O)NS(=O)(=O)c1ccccc1. The van der Waals surface area contributed by atoms with Gasteiger partial charge in [0, 0.05) is 12.5 Å². The zero-order chi connectivity index (χ0) is 12.2. The van der Waals surface area contributed by atoms with Gasteiger partial charge in [0.25, 0.3) is 10.0 Å². The fraction of sp³-hybridized carbons (Fsp3) is 0.300. The first-order valence-corrected chi connectivity index (χ1v) is 6.26. The molecule has 1 aromatic carbocycles. The third kappa shape index (κ3) is 3.63. The van der Waals surface area contributed by atoms with E-state index in [2.05, 4.69) is 0 Å². The molecule has 0 aromatic heterocycles. The van der Waals surface area contributed by atoms with Crippen LogP contribution in [0.2, 0.25) is 0 Å². The van der Waals surface area contributed by atoms with Gasteiger partial charge in [-0.05, 0) is 19.1 Å². The summed E-state index contributed by atoms with van der Waals surface area (Å²) < 4.78 is 25.3. The van der Waals surface area contributed by atoms with Crippen molar-refractivity contribution in [1.29, 1.82) is 0 Å². The maximum absolute atomic E-state index is 11.7. The van der Waals surface area contributed by atoms with Crippen LogP contribution in [0.15, 0.2) is 35.2 Å². The molecule has 0 saturated heterocycles. The molecule has 0 radical (unpaired) electrons. The fourth-order valence-electron chi connectivity index (χ4n) is 1.14. The molecule has 0 bridgehead atoms. The highest BCUT2D eigenvalue weighted by atomic mass is 32.2. The third-order valence-corrected chi connectivity index (χ3v) is 3.20. The van der Waals surface area contributed by atoms with Crippen LogP contribution in [-0.4, -0.2) is 20.4 Å². The smallest absolute Gasteiger partial charge is 0.264 e. The van der Waals surface area contributed by atoms with Crippen molar-refractivity contribution in [2.75, 3.05) is 0 Å². The van der Waals surface area contributed by atoms with Gasteiger partial charge in [0.2, 0.25) is 5.91 Å². The Hall–Kier alpha value is -1.40. The average Bonchev–Trinajstić information content (AvgIpc) is 2.16. The first kappa shape index (κ1) is 12.7. The molecule has 0 aliphatic rings. The van der Waals surface area contributed by atoms with E-state index in [1.165, 1.54) is 12.1 Å². The third-order valence-electron chi connectivity index (χ3n) is 1.81. The lowest BCUT2D eigenvalue weighted by Crippen LogP contribution is -2.34. The van der Waals surface area contributed by atoms with E-state index in [0.29, 0.717) is 0 Å². The highest BCUT2D eigenvalue weighted by molar-refractivity contribution is 7.90. The van der Waals surface area contributed by atoms with Crippen molar-refractivity contribution in [1.82, 2.24) is 4.72 Å². The lowest BCUT2D eigenvalue weighted by molar-refractivity contribution is -0.119. The molecule has 1 atom stereocenters. The van der Waals surface area contributed by atoms with Crippen molar-refractivity contribution in [3.05, 3.63) is 30.3 Å². The van der Waals surface area contributed by atoms with E-state index >= 15 is 0 Å². The van der Waals surface area contributed by atoms with Crippen LogP contribution >= 0.6 is 0 Å². The molecule has 1 aromatic rings. The molecule has 1 unspecified atom stereocenters. The van der Waals surface area contributed by atoms with Crippen LogP contribution in [0.1, 0.15) is 13.3 Å². The van der Waals surface area contributed by atoms with Crippen LogP contribution in [-0.2, 0) is 14.8 Å². The van der Waals surface area contributed by atoms with E-state index in [1.807, 2.05) is 4.72 Å². The van der Waals surface area contributed by atoms with Gasteiger partial charge < -0.3 is 5.73 Å². The van der Waals surface area contributed by atoms with Gasteiger partial charge in [0.15, 0.2) is 0 Å². The Kier molecular flexibility index (Phi) is 4.03. The number of rotatable bonds is 4. The number of nitrogens with one attached hydrogen (secondary N) is 1. The second-order valence-electron chi connectivity index (χ2n) is 3.52. The minimum Gasteiger partial charge on any atom is -0.327 e. The van der Waals surface area contributed by atoms with Gasteiger partial charge in [-0.15, -0.1) is 0 Å². The van der Waals surface area contributed by atoms with Crippen LogP contribution in [0.5, 0.6) is 0 Å². The quantitative estimate of drug-likeness (QED) is 0.791. The standard InChI is InChI=1S/C10H14N2O3S/c1-8(11)7-10(13)12-16(14,15)9-5-3-2-4-6-9/h2-6,8H,7,11H2,1H3,(H,12,13). The molecule has 5 nitrogen and oxygen atoms in total. The topological polar surface area (TPSA) is 89.3 Å². The molecule has 3 N–H and O–H groups in total. The van der Waals surface area contributed by atoms with E-state index in [9.17, 15) is 13.2 Å². The summed E-state index contributed by atoms with van der Waals surface area (Å²) in [6.45, 7) is 1.63. The van der Waals surface area contributed by atoms with Crippen molar-refractivity contribution in [3.8, 4) is 0 Å². The minimum atomic E-state index is -3.76. The number of hydrogen-bond acceptors (Lipinski definition) is 4. The summed E-state index contributed by atoms with van der Waals surface area (Å²) in [5.41, 5.74) is 5.40. The molecule has 0 spiro atoms. The molecule has 0 saturated carbocycles. The predicted molar refractivity (Wildman–Crippen MR) is 60.0 cm³/mol. The number of carbonyl (C=O) groups is 1. The second-order valence-corrected chi connectivity index (χ2v) is 5.21. The van der Waals surface area contributed by atoms with Crippen LogP contribution in [0, 0.1) is 0 Å². The van der Waals surface area contributed by atoms with Crippen LogP contribution in [0.4, 0.5) is 0 Å². The molecule has 0 aliphatic heterocycles. The number of amides is 1. The molecule has 0 fully saturated rings. The maximum atomic E-state index is 11.7. The zero-order valence-electron chi connectivity index (χ0n) is 8.88. The zero-order valence-corrected chi connectivity index (χ0v) is 9.70. The van der Waals surface area contributed by atoms with E-state index in [4.69, 9.17) is 5.73 Å². The number of sulfonamides is 1. The minimum absolute atomic E-state index is 0.0218. The van der Waals surface area contributed by atoms with Crippen LogP contribution in [0.25, 0.3) is 0 Å². The summed E-state index contributed by atoms with van der Waals surface area (Å²) in [6, 6.07) is 7.34. The van der Waals surface area contributed by atoms with Gasteiger partial charge >= 0.3 is 0 Å².